The van der Waals surface area contributed by atoms with E-state index in [4.69, 9.17) is 34.8 Å². The highest BCUT2D eigenvalue weighted by Crippen LogP contribution is 2.09. The molecule has 0 radical (unpaired) electrons. The van der Waals surface area contributed by atoms with Gasteiger partial charge in [-0.25, -0.2) is 0 Å². The summed E-state index contributed by atoms with van der Waals surface area (Å²) in [5, 5.41) is -1.97. The zero-order valence-electron chi connectivity index (χ0n) is 4.94. The van der Waals surface area contributed by atoms with E-state index >= 15 is 0 Å². The molecule has 10 heavy (non-hydrogen) atoms. The molecule has 58 valence electrons. The molecule has 1 atom stereocenters. The monoisotopic (exact) mass is 202 g/mol. The van der Waals surface area contributed by atoms with Gasteiger partial charge in [-0.2, -0.15) is 0 Å². The predicted octanol–water partition coefficient (Wildman–Crippen LogP) is 1.90. The Bertz CT molecular complexity index is 146. The SMILES string of the molecule is O=C(Cl)CCC(Cl)C(=O)Cl. The van der Waals surface area contributed by atoms with Crippen LogP contribution in [0.2, 0.25) is 0 Å². The van der Waals surface area contributed by atoms with Crippen molar-refractivity contribution in [3.05, 3.63) is 0 Å². The molecule has 0 spiro atoms. The fourth-order valence-electron chi connectivity index (χ4n) is 0.354. The molecule has 0 aromatic rings. The van der Waals surface area contributed by atoms with Crippen LogP contribution in [0.25, 0.3) is 0 Å². The fraction of sp³-hybridized carbons (Fsp3) is 0.600. The molecule has 0 N–H and O–H groups in total. The van der Waals surface area contributed by atoms with E-state index < -0.39 is 15.9 Å². The molecule has 0 aliphatic carbocycles. The lowest BCUT2D eigenvalue weighted by molar-refractivity contribution is -0.112. The van der Waals surface area contributed by atoms with Gasteiger partial charge in [-0.1, -0.05) is 0 Å². The second kappa shape index (κ2) is 4.94. The van der Waals surface area contributed by atoms with Gasteiger partial charge in [-0.05, 0) is 29.6 Å². The molecule has 0 aliphatic heterocycles. The Kier molecular flexibility index (Phi) is 5.04. The molecule has 1 unspecified atom stereocenters. The first-order chi connectivity index (χ1) is 4.54. The standard InChI is InChI=1S/C5H5Cl3O2/c6-3(5(8)10)1-2-4(7)9/h3H,1-2H2. The molecule has 0 amide bonds. The molecule has 0 aromatic carbocycles. The second-order valence-corrected chi connectivity index (χ2v) is 2.99. The van der Waals surface area contributed by atoms with Crippen LogP contribution in [0.3, 0.4) is 0 Å². The van der Waals surface area contributed by atoms with Crippen molar-refractivity contribution in [1.82, 2.24) is 0 Å². The number of hydrogen-bond acceptors (Lipinski definition) is 2. The smallest absolute Gasteiger partial charge is 0.239 e. The van der Waals surface area contributed by atoms with Gasteiger partial charge < -0.3 is 0 Å². The van der Waals surface area contributed by atoms with Gasteiger partial charge >= 0.3 is 0 Å². The molecule has 0 bridgehead atoms. The molecule has 0 rings (SSSR count). The molecule has 0 fully saturated rings. The molecule has 0 saturated heterocycles. The first-order valence-corrected chi connectivity index (χ1v) is 3.75. The van der Waals surface area contributed by atoms with Crippen molar-refractivity contribution in [3.8, 4) is 0 Å². The molecule has 0 aliphatic rings. The molecule has 0 saturated carbocycles. The third-order valence-electron chi connectivity index (χ3n) is 0.841. The number of alkyl halides is 1. The van der Waals surface area contributed by atoms with Crippen molar-refractivity contribution < 1.29 is 9.59 Å². The summed E-state index contributed by atoms with van der Waals surface area (Å²) in [6.07, 6.45) is 0.278. The van der Waals surface area contributed by atoms with Gasteiger partial charge in [0.1, 0.15) is 5.38 Å². The van der Waals surface area contributed by atoms with Crippen LogP contribution in [0.4, 0.5) is 0 Å². The summed E-state index contributed by atoms with van der Waals surface area (Å²) in [5.74, 6) is 0. The van der Waals surface area contributed by atoms with Gasteiger partial charge in [0, 0.05) is 6.42 Å². The van der Waals surface area contributed by atoms with Gasteiger partial charge in [-0.15, -0.1) is 11.6 Å². The highest BCUT2D eigenvalue weighted by molar-refractivity contribution is 6.69. The van der Waals surface area contributed by atoms with Crippen molar-refractivity contribution >= 4 is 45.3 Å². The number of halogens is 3. The summed E-state index contributed by atoms with van der Waals surface area (Å²) in [6, 6.07) is 0. The number of hydrogen-bond donors (Lipinski definition) is 0. The lowest BCUT2D eigenvalue weighted by Crippen LogP contribution is -2.08. The van der Waals surface area contributed by atoms with E-state index in [9.17, 15) is 9.59 Å². The van der Waals surface area contributed by atoms with E-state index in [1.165, 1.54) is 0 Å². The van der Waals surface area contributed by atoms with E-state index in [1.54, 1.807) is 0 Å². The Morgan fingerprint density at radius 2 is 1.80 bits per heavy atom. The van der Waals surface area contributed by atoms with Crippen molar-refractivity contribution in [2.24, 2.45) is 0 Å². The van der Waals surface area contributed by atoms with Crippen LogP contribution < -0.4 is 0 Å². The molecule has 5 heteroatoms. The third kappa shape index (κ3) is 5.03. The highest BCUT2D eigenvalue weighted by atomic mass is 35.5. The summed E-state index contributed by atoms with van der Waals surface area (Å²) < 4.78 is 0. The van der Waals surface area contributed by atoms with Crippen LogP contribution in [0.5, 0.6) is 0 Å². The molecule has 0 aromatic heterocycles. The maximum absolute atomic E-state index is 10.2. The maximum atomic E-state index is 10.2. The highest BCUT2D eigenvalue weighted by Gasteiger charge is 2.12. The van der Waals surface area contributed by atoms with Crippen LogP contribution in [-0.4, -0.2) is 15.9 Å². The fourth-order valence-corrected chi connectivity index (χ4v) is 0.681. The average molecular weight is 203 g/mol. The Morgan fingerprint density at radius 1 is 1.30 bits per heavy atom. The largest absolute Gasteiger partial charge is 0.281 e. The normalized spacial score (nSPS) is 12.7. The minimum atomic E-state index is -0.802. The van der Waals surface area contributed by atoms with E-state index in [-0.39, 0.29) is 12.8 Å². The Morgan fingerprint density at radius 3 is 2.10 bits per heavy atom. The topological polar surface area (TPSA) is 34.1 Å². The van der Waals surface area contributed by atoms with Crippen molar-refractivity contribution in [2.75, 3.05) is 0 Å². The summed E-state index contributed by atoms with van der Waals surface area (Å²) in [5.41, 5.74) is 0. The molecule has 2 nitrogen and oxygen atoms in total. The number of carbonyl (C=O) groups excluding carboxylic acids is 2. The van der Waals surface area contributed by atoms with E-state index in [0.717, 1.165) is 0 Å². The van der Waals surface area contributed by atoms with Gasteiger partial charge in [0.25, 0.3) is 0 Å². The van der Waals surface area contributed by atoms with E-state index in [2.05, 4.69) is 0 Å². The van der Waals surface area contributed by atoms with Crippen LogP contribution in [-0.2, 0) is 9.59 Å². The summed E-state index contributed by atoms with van der Waals surface area (Å²) in [7, 11) is 0. The van der Waals surface area contributed by atoms with Crippen LogP contribution in [0.1, 0.15) is 12.8 Å². The van der Waals surface area contributed by atoms with Crippen molar-refractivity contribution in [2.45, 2.75) is 18.2 Å². The van der Waals surface area contributed by atoms with E-state index in [1.807, 2.05) is 0 Å². The minimum Gasteiger partial charge on any atom is -0.281 e. The lowest BCUT2D eigenvalue weighted by Gasteiger charge is -1.98. The van der Waals surface area contributed by atoms with Gasteiger partial charge in [-0.3, -0.25) is 9.59 Å². The van der Waals surface area contributed by atoms with E-state index in [0.29, 0.717) is 0 Å². The van der Waals surface area contributed by atoms with Crippen LogP contribution in [0, 0.1) is 0 Å². The van der Waals surface area contributed by atoms with Gasteiger partial charge in [0.2, 0.25) is 10.5 Å². The first-order valence-electron chi connectivity index (χ1n) is 2.55. The van der Waals surface area contributed by atoms with Crippen molar-refractivity contribution in [1.29, 1.82) is 0 Å². The maximum Gasteiger partial charge on any atom is 0.239 e. The first kappa shape index (κ1) is 10.2. The average Bonchev–Trinajstić information content (AvgIpc) is 1.82. The van der Waals surface area contributed by atoms with Crippen LogP contribution in [0.15, 0.2) is 0 Å². The van der Waals surface area contributed by atoms with Crippen molar-refractivity contribution in [3.63, 3.8) is 0 Å². The molecular weight excluding hydrogens is 198 g/mol. The van der Waals surface area contributed by atoms with Crippen LogP contribution >= 0.6 is 34.8 Å². The summed E-state index contributed by atoms with van der Waals surface area (Å²) >= 11 is 15.3. The second-order valence-electron chi connectivity index (χ2n) is 1.67. The Balaban J connectivity index is 3.49. The lowest BCUT2D eigenvalue weighted by atomic mass is 10.2. The Labute approximate surface area is 73.4 Å². The van der Waals surface area contributed by atoms with Gasteiger partial charge in [0.05, 0.1) is 0 Å². The Hall–Kier alpha value is 0.210. The minimum absolute atomic E-state index is 0.0776. The number of carbonyl (C=O) groups is 2. The zero-order valence-corrected chi connectivity index (χ0v) is 7.21. The molecular formula is C5H5Cl3O2. The predicted molar refractivity (Wildman–Crippen MR) is 40.6 cm³/mol. The van der Waals surface area contributed by atoms with Gasteiger partial charge in [0.15, 0.2) is 0 Å². The summed E-state index contributed by atoms with van der Waals surface area (Å²) in [6.45, 7) is 0. The quantitative estimate of drug-likeness (QED) is 0.517. The number of rotatable bonds is 4. The molecule has 0 heterocycles. The summed E-state index contributed by atoms with van der Waals surface area (Å²) in [4.78, 5) is 20.4. The third-order valence-corrected chi connectivity index (χ3v) is 1.82. The zero-order chi connectivity index (χ0) is 8.15.